The number of methoxy groups -OCH3 is 1. The van der Waals surface area contributed by atoms with Crippen molar-refractivity contribution in [1.82, 2.24) is 10.3 Å². The van der Waals surface area contributed by atoms with Crippen molar-refractivity contribution in [2.24, 2.45) is 0 Å². The summed E-state index contributed by atoms with van der Waals surface area (Å²) in [5.41, 5.74) is 1.18. The smallest absolute Gasteiger partial charge is 0.261 e. The number of carbonyl (C=O) groups is 1. The van der Waals surface area contributed by atoms with E-state index in [1.54, 1.807) is 25.3 Å². The molecule has 0 unspecified atom stereocenters. The molecule has 5 nitrogen and oxygen atoms in total. The van der Waals surface area contributed by atoms with Gasteiger partial charge in [-0.05, 0) is 42.0 Å². The number of hydrogen-bond donors (Lipinski definition) is 2. The summed E-state index contributed by atoms with van der Waals surface area (Å²) in [5.74, 6) is -0.135. The molecule has 0 saturated carbocycles. The molecule has 29 heavy (non-hydrogen) atoms. The zero-order chi connectivity index (χ0) is 21.0. The minimum atomic E-state index is -0.495. The molecule has 0 spiro atoms. The average Bonchev–Trinajstić information content (AvgIpc) is 2.72. The third-order valence-corrected chi connectivity index (χ3v) is 4.83. The van der Waals surface area contributed by atoms with Gasteiger partial charge in [0.15, 0.2) is 0 Å². The second-order valence-corrected chi connectivity index (χ2v) is 7.42. The van der Waals surface area contributed by atoms with Crippen LogP contribution in [0, 0.1) is 5.82 Å². The second-order valence-electron chi connectivity index (χ2n) is 7.42. The van der Waals surface area contributed by atoms with Gasteiger partial charge in [0.1, 0.15) is 17.1 Å². The third-order valence-electron chi connectivity index (χ3n) is 4.83. The maximum Gasteiger partial charge on any atom is 0.261 e. The largest absolute Gasteiger partial charge is 0.497 e. The minimum Gasteiger partial charge on any atom is -0.497 e. The van der Waals surface area contributed by atoms with Gasteiger partial charge in [0.2, 0.25) is 0 Å². The molecule has 0 aliphatic rings. The molecule has 150 valence electrons. The zero-order valence-corrected chi connectivity index (χ0v) is 16.6. The van der Waals surface area contributed by atoms with Crippen LogP contribution in [0.15, 0.2) is 65.5 Å². The Bertz CT molecular complexity index is 1090. The number of rotatable bonds is 6. The summed E-state index contributed by atoms with van der Waals surface area (Å²) in [4.78, 5) is 27.7. The normalized spacial score (nSPS) is 11.2. The van der Waals surface area contributed by atoms with E-state index in [1.807, 2.05) is 38.1 Å². The summed E-state index contributed by atoms with van der Waals surface area (Å²) in [6.45, 7) is 4.06. The summed E-state index contributed by atoms with van der Waals surface area (Å²) in [7, 11) is 1.57. The maximum atomic E-state index is 13.5. The number of carbonyl (C=O) groups excluding carboxylic acids is 1. The molecular formula is C23H23FN2O3. The van der Waals surface area contributed by atoms with E-state index in [0.29, 0.717) is 11.4 Å². The molecule has 0 aliphatic carbocycles. The first-order valence-electron chi connectivity index (χ1n) is 9.22. The van der Waals surface area contributed by atoms with Gasteiger partial charge in [-0.1, -0.05) is 38.1 Å². The van der Waals surface area contributed by atoms with Gasteiger partial charge in [0.25, 0.3) is 11.5 Å². The molecule has 2 N–H and O–H groups in total. The molecule has 0 fully saturated rings. The lowest BCUT2D eigenvalue weighted by molar-refractivity contribution is 0.0944. The Hall–Kier alpha value is -3.41. The van der Waals surface area contributed by atoms with Crippen LogP contribution in [0.5, 0.6) is 5.75 Å². The van der Waals surface area contributed by atoms with Crippen molar-refractivity contribution < 1.29 is 13.9 Å². The van der Waals surface area contributed by atoms with Crippen LogP contribution in [0.4, 0.5) is 4.39 Å². The van der Waals surface area contributed by atoms with Gasteiger partial charge in [-0.3, -0.25) is 9.59 Å². The van der Waals surface area contributed by atoms with Crippen molar-refractivity contribution >= 4 is 5.91 Å². The Morgan fingerprint density at radius 3 is 2.55 bits per heavy atom. The first-order valence-corrected chi connectivity index (χ1v) is 9.22. The number of aromatic amines is 1. The van der Waals surface area contributed by atoms with Crippen molar-refractivity contribution in [1.29, 1.82) is 0 Å². The van der Waals surface area contributed by atoms with Crippen LogP contribution in [0.3, 0.4) is 0 Å². The van der Waals surface area contributed by atoms with Crippen LogP contribution in [0.1, 0.15) is 29.8 Å². The highest BCUT2D eigenvalue weighted by Crippen LogP contribution is 2.23. The van der Waals surface area contributed by atoms with Gasteiger partial charge in [0, 0.05) is 23.2 Å². The SMILES string of the molecule is COc1cccc(-c2ccc(C(=O)NCC(C)(C)c3cccc(F)c3)c(=O)[nH]2)c1. The summed E-state index contributed by atoms with van der Waals surface area (Å²) in [5, 5.41) is 2.77. The first kappa shape index (κ1) is 20.3. The van der Waals surface area contributed by atoms with Crippen LogP contribution in [-0.2, 0) is 5.41 Å². The molecule has 2 aromatic carbocycles. The van der Waals surface area contributed by atoms with Crippen molar-refractivity contribution in [3.05, 3.63) is 88.0 Å². The second kappa shape index (κ2) is 8.31. The van der Waals surface area contributed by atoms with E-state index in [-0.39, 0.29) is 17.9 Å². The van der Waals surface area contributed by atoms with E-state index < -0.39 is 16.9 Å². The van der Waals surface area contributed by atoms with Gasteiger partial charge >= 0.3 is 0 Å². The highest BCUT2D eigenvalue weighted by atomic mass is 19.1. The quantitative estimate of drug-likeness (QED) is 0.666. The van der Waals surface area contributed by atoms with E-state index in [2.05, 4.69) is 10.3 Å². The van der Waals surface area contributed by atoms with E-state index >= 15 is 0 Å². The predicted molar refractivity (Wildman–Crippen MR) is 111 cm³/mol. The van der Waals surface area contributed by atoms with Crippen molar-refractivity contribution in [2.45, 2.75) is 19.3 Å². The van der Waals surface area contributed by atoms with Gasteiger partial charge in [-0.15, -0.1) is 0 Å². The highest BCUT2D eigenvalue weighted by Gasteiger charge is 2.23. The van der Waals surface area contributed by atoms with Crippen LogP contribution in [0.25, 0.3) is 11.3 Å². The standard InChI is InChI=1S/C23H23FN2O3/c1-23(2,16-7-5-8-17(24)13-16)14-25-21(27)19-10-11-20(26-22(19)28)15-6-4-9-18(12-15)29-3/h4-13H,14H2,1-3H3,(H,25,27)(H,26,28). The van der Waals surface area contributed by atoms with Crippen LogP contribution in [0.2, 0.25) is 0 Å². The minimum absolute atomic E-state index is 0.0201. The fourth-order valence-corrected chi connectivity index (χ4v) is 3.02. The molecule has 1 aromatic heterocycles. The molecule has 3 aromatic rings. The van der Waals surface area contributed by atoms with Gasteiger partial charge in [0.05, 0.1) is 7.11 Å². The molecule has 0 atom stereocenters. The fraction of sp³-hybridized carbons (Fsp3) is 0.217. The zero-order valence-electron chi connectivity index (χ0n) is 16.6. The molecule has 1 heterocycles. The Morgan fingerprint density at radius 2 is 1.86 bits per heavy atom. The molecule has 1 amide bonds. The Morgan fingerprint density at radius 1 is 1.10 bits per heavy atom. The summed E-state index contributed by atoms with van der Waals surface area (Å²) >= 11 is 0. The number of aromatic nitrogens is 1. The summed E-state index contributed by atoms with van der Waals surface area (Å²) in [6.07, 6.45) is 0. The molecular weight excluding hydrogens is 371 g/mol. The predicted octanol–water partition coefficient (Wildman–Crippen LogP) is 3.90. The topological polar surface area (TPSA) is 71.2 Å². The maximum absolute atomic E-state index is 13.5. The van der Waals surface area contributed by atoms with Crippen molar-refractivity contribution in [3.63, 3.8) is 0 Å². The summed E-state index contributed by atoms with van der Waals surface area (Å²) in [6, 6.07) is 16.7. The van der Waals surface area contributed by atoms with E-state index in [0.717, 1.165) is 11.1 Å². The Labute approximate surface area is 168 Å². The Kier molecular flexibility index (Phi) is 5.82. The lowest BCUT2D eigenvalue weighted by Gasteiger charge is -2.25. The fourth-order valence-electron chi connectivity index (χ4n) is 3.02. The number of benzene rings is 2. The number of ether oxygens (including phenoxy) is 1. The molecule has 0 radical (unpaired) electrons. The van der Waals surface area contributed by atoms with E-state index in [1.165, 1.54) is 18.2 Å². The Balaban J connectivity index is 1.75. The molecule has 3 rings (SSSR count). The first-order chi connectivity index (χ1) is 13.8. The van der Waals surface area contributed by atoms with Gasteiger partial charge in [-0.25, -0.2) is 4.39 Å². The molecule has 0 saturated heterocycles. The van der Waals surface area contributed by atoms with Crippen LogP contribution in [-0.4, -0.2) is 24.5 Å². The summed E-state index contributed by atoms with van der Waals surface area (Å²) < 4.78 is 18.7. The van der Waals surface area contributed by atoms with Gasteiger partial charge < -0.3 is 15.0 Å². The number of nitrogens with one attached hydrogen (secondary N) is 2. The van der Waals surface area contributed by atoms with Crippen molar-refractivity contribution in [2.75, 3.05) is 13.7 Å². The van der Waals surface area contributed by atoms with Gasteiger partial charge in [-0.2, -0.15) is 0 Å². The van der Waals surface area contributed by atoms with E-state index in [4.69, 9.17) is 4.74 Å². The molecule has 0 aliphatic heterocycles. The third kappa shape index (κ3) is 4.71. The molecule has 0 bridgehead atoms. The molecule has 6 heteroatoms. The lowest BCUT2D eigenvalue weighted by Crippen LogP contribution is -2.38. The number of halogens is 1. The average molecular weight is 394 g/mol. The number of pyridine rings is 1. The van der Waals surface area contributed by atoms with Crippen LogP contribution >= 0.6 is 0 Å². The van der Waals surface area contributed by atoms with Crippen LogP contribution < -0.4 is 15.6 Å². The number of hydrogen-bond acceptors (Lipinski definition) is 3. The lowest BCUT2D eigenvalue weighted by atomic mass is 9.84. The highest BCUT2D eigenvalue weighted by molar-refractivity contribution is 5.94. The van der Waals surface area contributed by atoms with E-state index in [9.17, 15) is 14.0 Å². The number of amides is 1. The number of H-pyrrole nitrogens is 1. The van der Waals surface area contributed by atoms with Crippen molar-refractivity contribution in [3.8, 4) is 17.0 Å². The monoisotopic (exact) mass is 394 g/mol.